The first-order valence-electron chi connectivity index (χ1n) is 6.38. The van der Waals surface area contributed by atoms with Gasteiger partial charge in [-0.15, -0.1) is 0 Å². The maximum absolute atomic E-state index is 5.92. The molecule has 0 amide bonds. The Morgan fingerprint density at radius 2 is 2.00 bits per heavy atom. The molecule has 1 aromatic carbocycles. The molecule has 0 aliphatic carbocycles. The lowest BCUT2D eigenvalue weighted by molar-refractivity contribution is -0.0704. The van der Waals surface area contributed by atoms with Crippen molar-refractivity contribution in [3.8, 4) is 5.75 Å². The molecule has 1 aromatic rings. The van der Waals surface area contributed by atoms with Crippen LogP contribution in [-0.2, 0) is 11.3 Å². The minimum atomic E-state index is 0.296. The van der Waals surface area contributed by atoms with Crippen LogP contribution in [0.1, 0.15) is 19.4 Å². The van der Waals surface area contributed by atoms with Crippen molar-refractivity contribution in [2.24, 2.45) is 0 Å². The van der Waals surface area contributed by atoms with Gasteiger partial charge in [-0.25, -0.2) is 0 Å². The number of methoxy groups -OCH3 is 1. The monoisotopic (exact) mass is 250 g/mol. The molecule has 4 heteroatoms. The minimum Gasteiger partial charge on any atom is -0.495 e. The SMILES string of the molecule is COc1ccc(CN2C[C@@H](C)O[C@@H](C)C2)cc1N. The van der Waals surface area contributed by atoms with Gasteiger partial charge in [-0.1, -0.05) is 6.07 Å². The molecule has 0 radical (unpaired) electrons. The number of ether oxygens (including phenoxy) is 2. The number of nitrogens with two attached hydrogens (primary N) is 1. The standard InChI is InChI=1S/C14H22N2O2/c1-10-7-16(8-11(2)18-10)9-12-4-5-14(17-3)13(15)6-12/h4-6,10-11H,7-9,15H2,1-3H3/t10-,11+. The molecule has 100 valence electrons. The van der Waals surface area contributed by atoms with E-state index in [1.54, 1.807) is 7.11 Å². The third kappa shape index (κ3) is 3.15. The third-order valence-electron chi connectivity index (χ3n) is 3.20. The second-order valence-electron chi connectivity index (χ2n) is 5.03. The van der Waals surface area contributed by atoms with Crippen LogP contribution < -0.4 is 10.5 Å². The Morgan fingerprint density at radius 1 is 1.33 bits per heavy atom. The van der Waals surface area contributed by atoms with Gasteiger partial charge in [-0.05, 0) is 31.5 Å². The van der Waals surface area contributed by atoms with Gasteiger partial charge in [0.25, 0.3) is 0 Å². The molecule has 2 atom stereocenters. The van der Waals surface area contributed by atoms with E-state index in [0.29, 0.717) is 17.9 Å². The van der Waals surface area contributed by atoms with Crippen LogP contribution in [-0.4, -0.2) is 37.3 Å². The zero-order valence-corrected chi connectivity index (χ0v) is 11.3. The first-order valence-corrected chi connectivity index (χ1v) is 6.38. The Kier molecular flexibility index (Phi) is 4.09. The van der Waals surface area contributed by atoms with Gasteiger partial charge in [0.1, 0.15) is 5.75 Å². The fourth-order valence-corrected chi connectivity index (χ4v) is 2.55. The molecule has 0 spiro atoms. The molecule has 1 fully saturated rings. The first-order chi connectivity index (χ1) is 8.58. The highest BCUT2D eigenvalue weighted by Crippen LogP contribution is 2.23. The van der Waals surface area contributed by atoms with Gasteiger partial charge in [0.2, 0.25) is 0 Å². The summed E-state index contributed by atoms with van der Waals surface area (Å²) in [4.78, 5) is 2.40. The number of hydrogen-bond donors (Lipinski definition) is 1. The molecule has 2 rings (SSSR count). The summed E-state index contributed by atoms with van der Waals surface area (Å²) in [5.74, 6) is 0.738. The molecule has 18 heavy (non-hydrogen) atoms. The van der Waals surface area contributed by atoms with Crippen LogP contribution in [0, 0.1) is 0 Å². The summed E-state index contributed by atoms with van der Waals surface area (Å²) in [6.07, 6.45) is 0.591. The van der Waals surface area contributed by atoms with E-state index in [1.807, 2.05) is 12.1 Å². The first kappa shape index (κ1) is 13.2. The Balaban J connectivity index is 2.02. The highest BCUT2D eigenvalue weighted by molar-refractivity contribution is 5.54. The van der Waals surface area contributed by atoms with E-state index >= 15 is 0 Å². The van der Waals surface area contributed by atoms with E-state index in [2.05, 4.69) is 24.8 Å². The molecule has 1 saturated heterocycles. The molecular formula is C14H22N2O2. The predicted molar refractivity (Wildman–Crippen MR) is 72.7 cm³/mol. The van der Waals surface area contributed by atoms with E-state index in [4.69, 9.17) is 15.2 Å². The van der Waals surface area contributed by atoms with Gasteiger partial charge in [-0.3, -0.25) is 4.90 Å². The number of nitrogens with zero attached hydrogens (tertiary/aromatic N) is 1. The zero-order valence-electron chi connectivity index (χ0n) is 11.3. The summed E-state index contributed by atoms with van der Waals surface area (Å²) < 4.78 is 10.9. The van der Waals surface area contributed by atoms with Crippen molar-refractivity contribution in [1.82, 2.24) is 4.90 Å². The normalized spacial score (nSPS) is 25.1. The maximum atomic E-state index is 5.92. The van der Waals surface area contributed by atoms with Crippen molar-refractivity contribution < 1.29 is 9.47 Å². The van der Waals surface area contributed by atoms with Crippen LogP contribution in [0.4, 0.5) is 5.69 Å². The molecular weight excluding hydrogens is 228 g/mol. The van der Waals surface area contributed by atoms with Crippen LogP contribution >= 0.6 is 0 Å². The molecule has 0 saturated carbocycles. The number of rotatable bonds is 3. The lowest BCUT2D eigenvalue weighted by Gasteiger charge is -2.35. The lowest BCUT2D eigenvalue weighted by Crippen LogP contribution is -2.44. The van der Waals surface area contributed by atoms with Crippen LogP contribution in [0.5, 0.6) is 5.75 Å². The molecule has 0 unspecified atom stereocenters. The van der Waals surface area contributed by atoms with Crippen molar-refractivity contribution in [3.05, 3.63) is 23.8 Å². The fraction of sp³-hybridized carbons (Fsp3) is 0.571. The average Bonchev–Trinajstić information content (AvgIpc) is 2.27. The van der Waals surface area contributed by atoms with Gasteiger partial charge in [0.05, 0.1) is 25.0 Å². The van der Waals surface area contributed by atoms with Gasteiger partial charge < -0.3 is 15.2 Å². The molecule has 2 N–H and O–H groups in total. The van der Waals surface area contributed by atoms with Crippen LogP contribution in [0.15, 0.2) is 18.2 Å². The zero-order chi connectivity index (χ0) is 13.1. The van der Waals surface area contributed by atoms with E-state index in [9.17, 15) is 0 Å². The van der Waals surface area contributed by atoms with E-state index in [0.717, 1.165) is 25.4 Å². The number of anilines is 1. The van der Waals surface area contributed by atoms with Crippen LogP contribution in [0.2, 0.25) is 0 Å². The Bertz CT molecular complexity index is 399. The Morgan fingerprint density at radius 3 is 2.56 bits per heavy atom. The summed E-state index contributed by atoms with van der Waals surface area (Å²) in [5.41, 5.74) is 7.84. The fourth-order valence-electron chi connectivity index (χ4n) is 2.55. The number of nitrogen functional groups attached to an aromatic ring is 1. The molecule has 1 aliphatic rings. The van der Waals surface area contributed by atoms with Gasteiger partial charge in [-0.2, -0.15) is 0 Å². The topological polar surface area (TPSA) is 47.7 Å². The molecule has 4 nitrogen and oxygen atoms in total. The Labute approximate surface area is 109 Å². The van der Waals surface area contributed by atoms with Crippen molar-refractivity contribution in [3.63, 3.8) is 0 Å². The van der Waals surface area contributed by atoms with Gasteiger partial charge >= 0.3 is 0 Å². The van der Waals surface area contributed by atoms with E-state index in [-0.39, 0.29) is 0 Å². The second kappa shape index (κ2) is 5.59. The number of hydrogen-bond acceptors (Lipinski definition) is 4. The Hall–Kier alpha value is -1.26. The quantitative estimate of drug-likeness (QED) is 0.832. The average molecular weight is 250 g/mol. The van der Waals surface area contributed by atoms with E-state index < -0.39 is 0 Å². The van der Waals surface area contributed by atoms with E-state index in [1.165, 1.54) is 5.56 Å². The number of morpholine rings is 1. The van der Waals surface area contributed by atoms with Gasteiger partial charge in [0.15, 0.2) is 0 Å². The third-order valence-corrected chi connectivity index (χ3v) is 3.20. The second-order valence-corrected chi connectivity index (χ2v) is 5.03. The summed E-state index contributed by atoms with van der Waals surface area (Å²) in [6.45, 7) is 7.08. The van der Waals surface area contributed by atoms with Crippen molar-refractivity contribution in [2.75, 3.05) is 25.9 Å². The smallest absolute Gasteiger partial charge is 0.141 e. The molecule has 0 aromatic heterocycles. The summed E-state index contributed by atoms with van der Waals surface area (Å²) in [6, 6.07) is 5.99. The van der Waals surface area contributed by atoms with Crippen LogP contribution in [0.25, 0.3) is 0 Å². The molecule has 1 heterocycles. The van der Waals surface area contributed by atoms with Crippen molar-refractivity contribution in [1.29, 1.82) is 0 Å². The lowest BCUT2D eigenvalue weighted by atomic mass is 10.1. The largest absolute Gasteiger partial charge is 0.495 e. The minimum absolute atomic E-state index is 0.296. The highest BCUT2D eigenvalue weighted by atomic mass is 16.5. The maximum Gasteiger partial charge on any atom is 0.141 e. The molecule has 1 aliphatic heterocycles. The summed E-state index contributed by atoms with van der Waals surface area (Å²) in [5, 5.41) is 0. The van der Waals surface area contributed by atoms with Crippen molar-refractivity contribution >= 4 is 5.69 Å². The number of benzene rings is 1. The van der Waals surface area contributed by atoms with Gasteiger partial charge in [0, 0.05) is 19.6 Å². The summed E-state index contributed by atoms with van der Waals surface area (Å²) in [7, 11) is 1.64. The molecule has 0 bridgehead atoms. The summed E-state index contributed by atoms with van der Waals surface area (Å²) >= 11 is 0. The van der Waals surface area contributed by atoms with Crippen LogP contribution in [0.3, 0.4) is 0 Å². The highest BCUT2D eigenvalue weighted by Gasteiger charge is 2.22. The van der Waals surface area contributed by atoms with Crippen molar-refractivity contribution in [2.45, 2.75) is 32.6 Å². The predicted octanol–water partition coefficient (Wildman–Crippen LogP) is 1.89.